The van der Waals surface area contributed by atoms with Gasteiger partial charge < -0.3 is 9.88 Å². The molecule has 0 saturated carbocycles. The van der Waals surface area contributed by atoms with Gasteiger partial charge in [-0.1, -0.05) is 12.2 Å². The molecular weight excluding hydrogens is 341 g/mol. The van der Waals surface area contributed by atoms with Crippen molar-refractivity contribution in [2.75, 3.05) is 11.9 Å². The van der Waals surface area contributed by atoms with Crippen LogP contribution < -0.4 is 10.0 Å². The van der Waals surface area contributed by atoms with Gasteiger partial charge in [0.25, 0.3) is 5.91 Å². The van der Waals surface area contributed by atoms with Gasteiger partial charge in [-0.05, 0) is 10.9 Å². The van der Waals surface area contributed by atoms with Crippen LogP contribution in [-0.4, -0.2) is 17.0 Å². The smallest absolute Gasteiger partial charge is 0.272 e. The molecule has 2 heterocycles. The largest absolute Gasteiger partial charge is 0.345 e. The van der Waals surface area contributed by atoms with E-state index in [9.17, 15) is 18.0 Å². The number of nitrogens with zero attached hydrogens (tertiary/aromatic N) is 1. The standard InChI is InChI=1S/C15H13F3N4OS/c1-22-7-12-9(3-2-4-20-24(12)19)14(22)15(23)21-8-5-10(16)13(18)11(17)6-8/h2-3,5-7H,4H2,1H3,(H2,19,20)(H,21,23). The zero-order valence-electron chi connectivity index (χ0n) is 12.5. The number of rotatable bonds is 2. The minimum Gasteiger partial charge on any atom is -0.345 e. The highest BCUT2D eigenvalue weighted by molar-refractivity contribution is 7.84. The molecule has 1 aliphatic rings. The van der Waals surface area contributed by atoms with Crippen molar-refractivity contribution in [3.8, 4) is 0 Å². The molecule has 5 nitrogen and oxygen atoms in total. The van der Waals surface area contributed by atoms with Crippen LogP contribution in [0.4, 0.5) is 18.9 Å². The average Bonchev–Trinajstić information content (AvgIpc) is 2.75. The molecule has 1 unspecified atom stereocenters. The summed E-state index contributed by atoms with van der Waals surface area (Å²) in [5, 5.41) is 2.36. The summed E-state index contributed by atoms with van der Waals surface area (Å²) in [6.07, 6.45) is 5.17. The molecule has 0 aliphatic carbocycles. The van der Waals surface area contributed by atoms with Gasteiger partial charge >= 0.3 is 0 Å². The van der Waals surface area contributed by atoms with Gasteiger partial charge in [0.05, 0.1) is 4.90 Å². The van der Waals surface area contributed by atoms with E-state index in [0.29, 0.717) is 29.1 Å². The first kappa shape index (κ1) is 16.5. The molecule has 1 aliphatic heterocycles. The van der Waals surface area contributed by atoms with Crippen molar-refractivity contribution in [3.63, 3.8) is 0 Å². The van der Waals surface area contributed by atoms with Gasteiger partial charge in [-0.25, -0.2) is 17.9 Å². The monoisotopic (exact) mass is 354 g/mol. The molecular formula is C15H13F3N4OS. The number of carbonyl (C=O) groups excluding carboxylic acids is 1. The van der Waals surface area contributed by atoms with Crippen molar-refractivity contribution in [1.29, 1.82) is 4.78 Å². The molecule has 0 radical (unpaired) electrons. The lowest BCUT2D eigenvalue weighted by Crippen LogP contribution is -2.17. The molecule has 9 heteroatoms. The van der Waals surface area contributed by atoms with Crippen LogP contribution in [0.3, 0.4) is 0 Å². The minimum absolute atomic E-state index is 0.188. The maximum absolute atomic E-state index is 13.3. The number of anilines is 1. The maximum Gasteiger partial charge on any atom is 0.272 e. The van der Waals surface area contributed by atoms with E-state index in [1.807, 2.05) is 0 Å². The van der Waals surface area contributed by atoms with Crippen molar-refractivity contribution >= 4 is 28.5 Å². The Morgan fingerprint density at radius 1 is 1.33 bits per heavy atom. The van der Waals surface area contributed by atoms with Gasteiger partial charge in [-0.2, -0.15) is 0 Å². The zero-order valence-corrected chi connectivity index (χ0v) is 13.3. The minimum atomic E-state index is -1.59. The molecule has 2 aromatic rings. The summed E-state index contributed by atoms with van der Waals surface area (Å²) in [7, 11) is 0.661. The van der Waals surface area contributed by atoms with Gasteiger partial charge in [0.1, 0.15) is 5.69 Å². The topological polar surface area (TPSA) is 69.9 Å². The summed E-state index contributed by atoms with van der Waals surface area (Å²) in [4.78, 5) is 13.2. The molecule has 1 atom stereocenters. The fourth-order valence-corrected chi connectivity index (χ4v) is 3.49. The second-order valence-corrected chi connectivity index (χ2v) is 6.47. The molecule has 24 heavy (non-hydrogen) atoms. The number of aryl methyl sites for hydroxylation is 1. The third-order valence-electron chi connectivity index (χ3n) is 3.49. The van der Waals surface area contributed by atoms with Gasteiger partial charge in [0.2, 0.25) is 0 Å². The number of aromatic nitrogens is 1. The lowest BCUT2D eigenvalue weighted by molar-refractivity contribution is 0.101. The zero-order chi connectivity index (χ0) is 17.4. The third kappa shape index (κ3) is 2.87. The Bertz CT molecular complexity index is 868. The summed E-state index contributed by atoms with van der Waals surface area (Å²) in [6.45, 7) is 0.500. The number of carbonyl (C=O) groups is 1. The van der Waals surface area contributed by atoms with Crippen molar-refractivity contribution in [2.24, 2.45) is 7.05 Å². The molecule has 0 bridgehead atoms. The highest BCUT2D eigenvalue weighted by Gasteiger charge is 2.22. The Morgan fingerprint density at radius 3 is 2.67 bits per heavy atom. The Morgan fingerprint density at radius 2 is 2.00 bits per heavy atom. The van der Waals surface area contributed by atoms with Crippen LogP contribution in [0.25, 0.3) is 6.08 Å². The first-order valence-electron chi connectivity index (χ1n) is 6.89. The van der Waals surface area contributed by atoms with Crippen LogP contribution in [0.1, 0.15) is 16.1 Å². The summed E-state index contributed by atoms with van der Waals surface area (Å²) >= 11 is 0. The first-order chi connectivity index (χ1) is 11.4. The molecule has 3 N–H and O–H groups in total. The van der Waals surface area contributed by atoms with Crippen LogP contribution in [0.2, 0.25) is 0 Å². The Kier molecular flexibility index (Phi) is 4.29. The third-order valence-corrected chi connectivity index (χ3v) is 4.71. The molecule has 0 saturated heterocycles. The fraction of sp³-hybridized carbons (Fsp3) is 0.133. The van der Waals surface area contributed by atoms with E-state index in [2.05, 4.69) is 10.0 Å². The SMILES string of the molecule is Cn1cc2c(c1C(=O)Nc1cc(F)c(F)c(F)c1)C=CCNS2=N. The van der Waals surface area contributed by atoms with Crippen LogP contribution in [0, 0.1) is 22.2 Å². The Hall–Kier alpha value is -2.39. The number of benzene rings is 1. The molecule has 126 valence electrons. The molecule has 1 amide bonds. The van der Waals surface area contributed by atoms with Gasteiger partial charge in [-0.15, -0.1) is 0 Å². The summed E-state index contributed by atoms with van der Waals surface area (Å²) in [6, 6.07) is 1.43. The van der Waals surface area contributed by atoms with Crippen molar-refractivity contribution in [3.05, 3.63) is 53.1 Å². The molecule has 0 spiro atoms. The average molecular weight is 354 g/mol. The van der Waals surface area contributed by atoms with Gasteiger partial charge in [-0.3, -0.25) is 9.57 Å². The summed E-state index contributed by atoms with van der Waals surface area (Å²) in [5.41, 5.74) is 0.633. The van der Waals surface area contributed by atoms with E-state index in [0.717, 1.165) is 0 Å². The van der Waals surface area contributed by atoms with E-state index < -0.39 is 34.2 Å². The second-order valence-electron chi connectivity index (χ2n) is 5.13. The highest BCUT2D eigenvalue weighted by Crippen LogP contribution is 2.25. The molecule has 3 rings (SSSR count). The van der Waals surface area contributed by atoms with E-state index in [1.165, 1.54) is 0 Å². The number of halogens is 3. The van der Waals surface area contributed by atoms with Crippen LogP contribution in [-0.2, 0) is 17.9 Å². The van der Waals surface area contributed by atoms with Crippen molar-refractivity contribution < 1.29 is 18.0 Å². The molecule has 1 aromatic heterocycles. The van der Waals surface area contributed by atoms with E-state index in [-0.39, 0.29) is 11.4 Å². The first-order valence-corrected chi connectivity index (χ1v) is 8.11. The quantitative estimate of drug-likeness (QED) is 0.726. The van der Waals surface area contributed by atoms with Gasteiger partial charge in [0, 0.05) is 43.2 Å². The maximum atomic E-state index is 13.3. The Labute approximate surface area is 138 Å². The molecule has 1 aromatic carbocycles. The number of hydrogen-bond donors (Lipinski definition) is 3. The lowest BCUT2D eigenvalue weighted by atomic mass is 10.2. The summed E-state index contributed by atoms with van der Waals surface area (Å²) in [5.74, 6) is -4.96. The normalized spacial score (nSPS) is 16.6. The predicted molar refractivity (Wildman–Crippen MR) is 85.1 cm³/mol. The van der Waals surface area contributed by atoms with E-state index >= 15 is 0 Å². The summed E-state index contributed by atoms with van der Waals surface area (Å²) < 4.78 is 52.1. The number of hydrogen-bond acceptors (Lipinski definition) is 2. The number of amides is 1. The fourth-order valence-electron chi connectivity index (χ4n) is 2.43. The second kappa shape index (κ2) is 6.25. The number of fused-ring (bicyclic) bond motifs is 1. The predicted octanol–water partition coefficient (Wildman–Crippen LogP) is 2.97. The van der Waals surface area contributed by atoms with Crippen molar-refractivity contribution in [1.82, 2.24) is 9.29 Å². The highest BCUT2D eigenvalue weighted by atomic mass is 32.2. The van der Waals surface area contributed by atoms with Crippen molar-refractivity contribution in [2.45, 2.75) is 4.90 Å². The van der Waals surface area contributed by atoms with Crippen LogP contribution in [0.15, 0.2) is 29.3 Å². The van der Waals surface area contributed by atoms with Crippen LogP contribution >= 0.6 is 0 Å². The van der Waals surface area contributed by atoms with E-state index in [1.54, 1.807) is 30.0 Å². The molecule has 0 fully saturated rings. The van der Waals surface area contributed by atoms with Gasteiger partial charge in [0.15, 0.2) is 17.5 Å². The lowest BCUT2D eigenvalue weighted by Gasteiger charge is -2.08. The number of nitrogens with one attached hydrogen (secondary N) is 3. The van der Waals surface area contributed by atoms with E-state index in [4.69, 9.17) is 4.78 Å². The van der Waals surface area contributed by atoms with Crippen LogP contribution in [0.5, 0.6) is 0 Å². The Balaban J connectivity index is 1.98.